The van der Waals surface area contributed by atoms with Crippen LogP contribution >= 0.6 is 23.1 Å². The third-order valence-corrected chi connectivity index (χ3v) is 5.60. The van der Waals surface area contributed by atoms with E-state index in [2.05, 4.69) is 15.2 Å². The van der Waals surface area contributed by atoms with Gasteiger partial charge in [-0.1, -0.05) is 0 Å². The van der Waals surface area contributed by atoms with Gasteiger partial charge in [-0.15, -0.1) is 11.3 Å². The van der Waals surface area contributed by atoms with Crippen molar-refractivity contribution < 1.29 is 4.79 Å². The van der Waals surface area contributed by atoms with Crippen molar-refractivity contribution in [2.24, 2.45) is 0 Å². The molecule has 3 rings (SSSR count). The van der Waals surface area contributed by atoms with Crippen molar-refractivity contribution in [3.63, 3.8) is 0 Å². The standard InChI is InChI=1S/C14H18N4OS2/c15-11-10-2-1-3-17-14(10)21-12(11)13(19)16-4-5-18-6-8-20-9-7-18/h1-3H,4-9,15H2,(H,16,19). The number of thiophene rings is 1. The molecule has 1 aliphatic heterocycles. The van der Waals surface area contributed by atoms with E-state index in [-0.39, 0.29) is 5.91 Å². The van der Waals surface area contributed by atoms with Crippen LogP contribution < -0.4 is 11.1 Å². The molecule has 3 N–H and O–H groups in total. The summed E-state index contributed by atoms with van der Waals surface area (Å²) in [5, 5.41) is 3.83. The molecule has 0 saturated carbocycles. The number of thioether (sulfide) groups is 1. The second kappa shape index (κ2) is 6.64. The molecule has 7 heteroatoms. The normalized spacial score (nSPS) is 16.2. The molecule has 1 aliphatic rings. The van der Waals surface area contributed by atoms with Gasteiger partial charge in [0.25, 0.3) is 5.91 Å². The monoisotopic (exact) mass is 322 g/mol. The molecule has 1 fully saturated rings. The summed E-state index contributed by atoms with van der Waals surface area (Å²) < 4.78 is 0. The number of anilines is 1. The molecule has 0 atom stereocenters. The Balaban J connectivity index is 1.60. The molecule has 2 aromatic heterocycles. The Hall–Kier alpha value is -1.31. The maximum absolute atomic E-state index is 12.2. The lowest BCUT2D eigenvalue weighted by Gasteiger charge is -2.25. The summed E-state index contributed by atoms with van der Waals surface area (Å²) in [6.07, 6.45) is 1.72. The van der Waals surface area contributed by atoms with Crippen molar-refractivity contribution >= 4 is 44.9 Å². The summed E-state index contributed by atoms with van der Waals surface area (Å²) in [4.78, 5) is 20.3. The molecule has 1 amide bonds. The Morgan fingerprint density at radius 3 is 3.00 bits per heavy atom. The first-order valence-corrected chi connectivity index (χ1v) is 8.94. The van der Waals surface area contributed by atoms with Crippen LogP contribution in [0.4, 0.5) is 5.69 Å². The number of aromatic nitrogens is 1. The van der Waals surface area contributed by atoms with Crippen molar-refractivity contribution in [3.05, 3.63) is 23.2 Å². The number of fused-ring (bicyclic) bond motifs is 1. The smallest absolute Gasteiger partial charge is 0.263 e. The first-order valence-electron chi connectivity index (χ1n) is 6.97. The molecule has 0 aromatic carbocycles. The zero-order valence-corrected chi connectivity index (χ0v) is 13.3. The van der Waals surface area contributed by atoms with Gasteiger partial charge in [-0.05, 0) is 12.1 Å². The topological polar surface area (TPSA) is 71.2 Å². The number of nitrogen functional groups attached to an aromatic ring is 1. The lowest BCUT2D eigenvalue weighted by molar-refractivity contribution is 0.0954. The number of nitrogens with zero attached hydrogens (tertiary/aromatic N) is 2. The van der Waals surface area contributed by atoms with Gasteiger partial charge in [0.05, 0.1) is 5.69 Å². The zero-order chi connectivity index (χ0) is 14.7. The zero-order valence-electron chi connectivity index (χ0n) is 11.7. The molecule has 21 heavy (non-hydrogen) atoms. The fourth-order valence-electron chi connectivity index (χ4n) is 2.35. The molecule has 1 saturated heterocycles. The predicted molar refractivity (Wildman–Crippen MR) is 90.1 cm³/mol. The van der Waals surface area contributed by atoms with Gasteiger partial charge in [0.2, 0.25) is 0 Å². The van der Waals surface area contributed by atoms with Crippen LogP contribution in [0.15, 0.2) is 18.3 Å². The quantitative estimate of drug-likeness (QED) is 0.896. The molecule has 0 spiro atoms. The molecule has 2 aromatic rings. The second-order valence-electron chi connectivity index (χ2n) is 4.91. The van der Waals surface area contributed by atoms with Gasteiger partial charge in [0.15, 0.2) is 0 Å². The number of carbonyl (C=O) groups excluding carboxylic acids is 1. The molecular weight excluding hydrogens is 304 g/mol. The van der Waals surface area contributed by atoms with Crippen LogP contribution in [-0.2, 0) is 0 Å². The fourth-order valence-corrected chi connectivity index (χ4v) is 4.31. The highest BCUT2D eigenvalue weighted by molar-refractivity contribution is 7.99. The summed E-state index contributed by atoms with van der Waals surface area (Å²) in [5.74, 6) is 2.27. The van der Waals surface area contributed by atoms with Crippen LogP contribution in [0.5, 0.6) is 0 Å². The van der Waals surface area contributed by atoms with Crippen LogP contribution in [0.1, 0.15) is 9.67 Å². The van der Waals surface area contributed by atoms with Crippen molar-refractivity contribution in [2.45, 2.75) is 0 Å². The largest absolute Gasteiger partial charge is 0.397 e. The van der Waals surface area contributed by atoms with Gasteiger partial charge in [0.1, 0.15) is 9.71 Å². The Morgan fingerprint density at radius 1 is 1.43 bits per heavy atom. The van der Waals surface area contributed by atoms with Crippen molar-refractivity contribution in [3.8, 4) is 0 Å². The fraction of sp³-hybridized carbons (Fsp3) is 0.429. The van der Waals surface area contributed by atoms with Crippen LogP contribution in [0.25, 0.3) is 10.2 Å². The van der Waals surface area contributed by atoms with Crippen LogP contribution in [0.2, 0.25) is 0 Å². The number of carbonyl (C=O) groups is 1. The van der Waals surface area contributed by atoms with Crippen LogP contribution in [0, 0.1) is 0 Å². The number of pyridine rings is 1. The van der Waals surface area contributed by atoms with Crippen molar-refractivity contribution in [1.82, 2.24) is 15.2 Å². The average Bonchev–Trinajstić information content (AvgIpc) is 2.86. The third-order valence-electron chi connectivity index (χ3n) is 3.53. The van der Waals surface area contributed by atoms with E-state index in [9.17, 15) is 4.79 Å². The molecule has 112 valence electrons. The van der Waals surface area contributed by atoms with E-state index in [0.717, 1.165) is 29.9 Å². The van der Waals surface area contributed by atoms with E-state index in [4.69, 9.17) is 5.73 Å². The molecule has 0 bridgehead atoms. The van der Waals surface area contributed by atoms with Crippen LogP contribution in [0.3, 0.4) is 0 Å². The van der Waals surface area contributed by atoms with E-state index in [1.54, 1.807) is 6.20 Å². The van der Waals surface area contributed by atoms with E-state index in [1.165, 1.54) is 22.8 Å². The summed E-state index contributed by atoms with van der Waals surface area (Å²) in [7, 11) is 0. The summed E-state index contributed by atoms with van der Waals surface area (Å²) in [5.41, 5.74) is 6.59. The van der Waals surface area contributed by atoms with E-state index >= 15 is 0 Å². The highest BCUT2D eigenvalue weighted by atomic mass is 32.2. The highest BCUT2D eigenvalue weighted by Gasteiger charge is 2.17. The van der Waals surface area contributed by atoms with Gasteiger partial charge in [-0.3, -0.25) is 9.69 Å². The van der Waals surface area contributed by atoms with Crippen LogP contribution in [-0.4, -0.2) is 53.5 Å². The van der Waals surface area contributed by atoms with Gasteiger partial charge in [-0.25, -0.2) is 4.98 Å². The minimum Gasteiger partial charge on any atom is -0.397 e. The molecular formula is C14H18N4OS2. The highest BCUT2D eigenvalue weighted by Crippen LogP contribution is 2.31. The Labute approximate surface area is 131 Å². The Bertz CT molecular complexity index is 637. The minimum absolute atomic E-state index is 0.0955. The van der Waals surface area contributed by atoms with Gasteiger partial charge >= 0.3 is 0 Å². The lowest BCUT2D eigenvalue weighted by atomic mass is 10.2. The SMILES string of the molecule is Nc1c(C(=O)NCCN2CCSCC2)sc2ncccc12. The van der Waals surface area contributed by atoms with E-state index in [0.29, 0.717) is 17.1 Å². The number of hydrogen-bond donors (Lipinski definition) is 2. The second-order valence-corrected chi connectivity index (χ2v) is 7.13. The number of nitrogens with one attached hydrogen (secondary N) is 1. The Kier molecular flexibility index (Phi) is 4.62. The van der Waals surface area contributed by atoms with Crippen molar-refractivity contribution in [1.29, 1.82) is 0 Å². The first kappa shape index (κ1) is 14.6. The minimum atomic E-state index is -0.0955. The van der Waals surface area contributed by atoms with Gasteiger partial charge in [0, 0.05) is 49.3 Å². The number of rotatable bonds is 4. The number of amides is 1. The van der Waals surface area contributed by atoms with Crippen molar-refractivity contribution in [2.75, 3.05) is 43.4 Å². The maximum Gasteiger partial charge on any atom is 0.263 e. The summed E-state index contributed by atoms with van der Waals surface area (Å²) >= 11 is 3.34. The Morgan fingerprint density at radius 2 is 2.24 bits per heavy atom. The van der Waals surface area contributed by atoms with Gasteiger partial charge < -0.3 is 11.1 Å². The molecule has 5 nitrogen and oxygen atoms in total. The summed E-state index contributed by atoms with van der Waals surface area (Å²) in [6, 6.07) is 3.73. The maximum atomic E-state index is 12.2. The molecule has 3 heterocycles. The predicted octanol–water partition coefficient (Wildman–Crippen LogP) is 1.66. The lowest BCUT2D eigenvalue weighted by Crippen LogP contribution is -2.39. The van der Waals surface area contributed by atoms with E-state index < -0.39 is 0 Å². The number of hydrogen-bond acceptors (Lipinski definition) is 6. The first-order chi connectivity index (χ1) is 10.3. The number of nitrogens with two attached hydrogens (primary N) is 1. The average molecular weight is 322 g/mol. The third kappa shape index (κ3) is 3.30. The molecule has 0 radical (unpaired) electrons. The van der Waals surface area contributed by atoms with Gasteiger partial charge in [-0.2, -0.15) is 11.8 Å². The molecule has 0 unspecified atom stereocenters. The summed E-state index contributed by atoms with van der Waals surface area (Å²) in [6.45, 7) is 3.77. The molecule has 0 aliphatic carbocycles. The van der Waals surface area contributed by atoms with E-state index in [1.807, 2.05) is 23.9 Å².